The molecule has 0 spiro atoms. The van der Waals surface area contributed by atoms with Crippen LogP contribution in [-0.4, -0.2) is 34.8 Å². The van der Waals surface area contributed by atoms with Crippen molar-refractivity contribution in [3.8, 4) is 0 Å². The third kappa shape index (κ3) is 2.82. The van der Waals surface area contributed by atoms with Gasteiger partial charge >= 0.3 is 0 Å². The van der Waals surface area contributed by atoms with Crippen molar-refractivity contribution < 1.29 is 0 Å². The van der Waals surface area contributed by atoms with Crippen molar-refractivity contribution in [1.29, 1.82) is 0 Å². The Kier molecular flexibility index (Phi) is 3.54. The largest absolute Gasteiger partial charge is 0.369 e. The van der Waals surface area contributed by atoms with Crippen molar-refractivity contribution in [3.05, 3.63) is 54.4 Å². The van der Waals surface area contributed by atoms with Crippen molar-refractivity contribution in [2.24, 2.45) is 5.92 Å². The third-order valence-corrected chi connectivity index (χ3v) is 4.30. The molecule has 5 heteroatoms. The fourth-order valence-electron chi connectivity index (χ4n) is 2.95. The highest BCUT2D eigenvalue weighted by Crippen LogP contribution is 2.24. The van der Waals surface area contributed by atoms with E-state index >= 15 is 0 Å². The molecule has 1 fully saturated rings. The first-order valence-corrected chi connectivity index (χ1v) is 7.92. The van der Waals surface area contributed by atoms with E-state index in [1.807, 2.05) is 31.3 Å². The Hall–Kier alpha value is -2.69. The molecule has 2 aromatic heterocycles. The minimum atomic E-state index is 0.610. The molecule has 1 aliphatic rings. The van der Waals surface area contributed by atoms with Crippen LogP contribution in [0.5, 0.6) is 0 Å². The van der Waals surface area contributed by atoms with Gasteiger partial charge in [0.1, 0.15) is 5.82 Å². The molecule has 4 rings (SSSR count). The lowest BCUT2D eigenvalue weighted by Crippen LogP contribution is -2.50. The summed E-state index contributed by atoms with van der Waals surface area (Å²) < 4.78 is 0. The monoisotopic (exact) mass is 305 g/mol. The van der Waals surface area contributed by atoms with Crippen molar-refractivity contribution in [1.82, 2.24) is 15.2 Å². The Balaban J connectivity index is 1.37. The standard InChI is InChI=1S/C18H19N5/c1-13-6-7-17(22-21-13)23-11-14(12-23)10-20-18-16-5-3-2-4-15(16)8-9-19-18/h2-9,14H,10-12H2,1H3,(H,19,20). The molecule has 1 aromatic carbocycles. The Morgan fingerprint density at radius 2 is 1.96 bits per heavy atom. The Labute approximate surface area is 135 Å². The average Bonchev–Trinajstić information content (AvgIpc) is 2.55. The van der Waals surface area contributed by atoms with E-state index in [1.54, 1.807) is 0 Å². The second-order valence-corrected chi connectivity index (χ2v) is 6.07. The fourth-order valence-corrected chi connectivity index (χ4v) is 2.95. The molecule has 0 bridgehead atoms. The molecule has 0 unspecified atom stereocenters. The predicted octanol–water partition coefficient (Wildman–Crippen LogP) is 2.88. The van der Waals surface area contributed by atoms with E-state index in [0.29, 0.717) is 5.92 Å². The number of rotatable bonds is 4. The number of fused-ring (bicyclic) bond motifs is 1. The summed E-state index contributed by atoms with van der Waals surface area (Å²) in [6, 6.07) is 14.4. The number of nitrogens with one attached hydrogen (secondary N) is 1. The summed E-state index contributed by atoms with van der Waals surface area (Å²) in [5.74, 6) is 2.55. The first kappa shape index (κ1) is 13.9. The molecule has 0 radical (unpaired) electrons. The first-order chi connectivity index (χ1) is 11.3. The minimum absolute atomic E-state index is 0.610. The normalized spacial score (nSPS) is 14.7. The number of anilines is 2. The lowest BCUT2D eigenvalue weighted by atomic mass is 10.00. The molecule has 5 nitrogen and oxygen atoms in total. The molecule has 23 heavy (non-hydrogen) atoms. The maximum absolute atomic E-state index is 4.48. The summed E-state index contributed by atoms with van der Waals surface area (Å²) in [4.78, 5) is 6.74. The predicted molar refractivity (Wildman–Crippen MR) is 92.7 cm³/mol. The Bertz CT molecular complexity index is 804. The van der Waals surface area contributed by atoms with E-state index in [0.717, 1.165) is 37.0 Å². The van der Waals surface area contributed by atoms with Crippen LogP contribution in [0.4, 0.5) is 11.6 Å². The van der Waals surface area contributed by atoms with Gasteiger partial charge in [0.05, 0.1) is 5.69 Å². The number of nitrogens with zero attached hydrogens (tertiary/aromatic N) is 4. The number of hydrogen-bond acceptors (Lipinski definition) is 5. The van der Waals surface area contributed by atoms with Crippen LogP contribution in [0.2, 0.25) is 0 Å². The summed E-state index contributed by atoms with van der Waals surface area (Å²) in [5, 5.41) is 14.2. The lowest BCUT2D eigenvalue weighted by molar-refractivity contribution is 0.425. The molecule has 3 aromatic rings. The topological polar surface area (TPSA) is 53.9 Å². The number of aryl methyl sites for hydroxylation is 1. The number of pyridine rings is 1. The molecule has 0 saturated carbocycles. The highest BCUT2D eigenvalue weighted by atomic mass is 15.3. The molecule has 1 aliphatic heterocycles. The highest BCUT2D eigenvalue weighted by Gasteiger charge is 2.27. The SMILES string of the molecule is Cc1ccc(N2CC(CNc3nccc4ccccc34)C2)nn1. The maximum Gasteiger partial charge on any atom is 0.151 e. The summed E-state index contributed by atoms with van der Waals surface area (Å²) in [6.45, 7) is 4.90. The van der Waals surface area contributed by atoms with Gasteiger partial charge in [0.2, 0.25) is 0 Å². The van der Waals surface area contributed by atoms with Crippen molar-refractivity contribution >= 4 is 22.4 Å². The summed E-state index contributed by atoms with van der Waals surface area (Å²) in [7, 11) is 0. The van der Waals surface area contributed by atoms with Gasteiger partial charge in [-0.25, -0.2) is 4.98 Å². The average molecular weight is 305 g/mol. The molecule has 1 N–H and O–H groups in total. The minimum Gasteiger partial charge on any atom is -0.369 e. The smallest absolute Gasteiger partial charge is 0.151 e. The van der Waals surface area contributed by atoms with Gasteiger partial charge in [0.15, 0.2) is 5.82 Å². The zero-order valence-electron chi connectivity index (χ0n) is 13.1. The van der Waals surface area contributed by atoms with Gasteiger partial charge in [-0.1, -0.05) is 24.3 Å². The molecule has 0 amide bonds. The van der Waals surface area contributed by atoms with E-state index in [2.05, 4.69) is 49.7 Å². The zero-order chi connectivity index (χ0) is 15.6. The van der Waals surface area contributed by atoms with Crippen molar-refractivity contribution in [3.63, 3.8) is 0 Å². The maximum atomic E-state index is 4.48. The number of aromatic nitrogens is 3. The second-order valence-electron chi connectivity index (χ2n) is 6.07. The van der Waals surface area contributed by atoms with Crippen LogP contribution in [0.25, 0.3) is 10.8 Å². The molecule has 1 saturated heterocycles. The quantitative estimate of drug-likeness (QED) is 0.803. The molecular formula is C18H19N5. The van der Waals surface area contributed by atoms with E-state index in [9.17, 15) is 0 Å². The number of hydrogen-bond donors (Lipinski definition) is 1. The lowest BCUT2D eigenvalue weighted by Gasteiger charge is -2.40. The van der Waals surface area contributed by atoms with E-state index in [4.69, 9.17) is 0 Å². The fraction of sp³-hybridized carbons (Fsp3) is 0.278. The van der Waals surface area contributed by atoms with Crippen LogP contribution in [0.1, 0.15) is 5.69 Å². The van der Waals surface area contributed by atoms with Crippen LogP contribution in [-0.2, 0) is 0 Å². The molecule has 3 heterocycles. The summed E-state index contributed by atoms with van der Waals surface area (Å²) >= 11 is 0. The Morgan fingerprint density at radius 1 is 1.09 bits per heavy atom. The third-order valence-electron chi connectivity index (χ3n) is 4.30. The van der Waals surface area contributed by atoms with E-state index in [-0.39, 0.29) is 0 Å². The highest BCUT2D eigenvalue weighted by molar-refractivity contribution is 5.91. The van der Waals surface area contributed by atoms with Crippen molar-refractivity contribution in [2.45, 2.75) is 6.92 Å². The van der Waals surface area contributed by atoms with Crippen LogP contribution in [0.15, 0.2) is 48.7 Å². The molecule has 0 atom stereocenters. The number of benzene rings is 1. The van der Waals surface area contributed by atoms with Gasteiger partial charge < -0.3 is 10.2 Å². The van der Waals surface area contributed by atoms with E-state index < -0.39 is 0 Å². The molecule has 116 valence electrons. The van der Waals surface area contributed by atoms with Gasteiger partial charge in [-0.2, -0.15) is 5.10 Å². The Morgan fingerprint density at radius 3 is 2.78 bits per heavy atom. The molecular weight excluding hydrogens is 286 g/mol. The van der Waals surface area contributed by atoms with Crippen LogP contribution < -0.4 is 10.2 Å². The van der Waals surface area contributed by atoms with Gasteiger partial charge in [0, 0.05) is 37.1 Å². The second kappa shape index (κ2) is 5.83. The first-order valence-electron chi connectivity index (χ1n) is 7.92. The van der Waals surface area contributed by atoms with Crippen LogP contribution >= 0.6 is 0 Å². The zero-order valence-corrected chi connectivity index (χ0v) is 13.1. The van der Waals surface area contributed by atoms with Gasteiger partial charge in [-0.3, -0.25) is 0 Å². The van der Waals surface area contributed by atoms with Gasteiger partial charge in [-0.15, -0.1) is 5.10 Å². The van der Waals surface area contributed by atoms with E-state index in [1.165, 1.54) is 10.8 Å². The van der Waals surface area contributed by atoms with Gasteiger partial charge in [-0.05, 0) is 30.5 Å². The van der Waals surface area contributed by atoms with Crippen LogP contribution in [0.3, 0.4) is 0 Å². The molecule has 0 aliphatic carbocycles. The summed E-state index contributed by atoms with van der Waals surface area (Å²) in [6.07, 6.45) is 1.86. The van der Waals surface area contributed by atoms with Crippen LogP contribution in [0, 0.1) is 12.8 Å². The summed E-state index contributed by atoms with van der Waals surface area (Å²) in [5.41, 5.74) is 0.953. The van der Waals surface area contributed by atoms with Crippen molar-refractivity contribution in [2.75, 3.05) is 29.9 Å². The van der Waals surface area contributed by atoms with Gasteiger partial charge in [0.25, 0.3) is 0 Å².